The van der Waals surface area contributed by atoms with Crippen LogP contribution in [0.4, 0.5) is 5.69 Å². The first kappa shape index (κ1) is 20.6. The predicted molar refractivity (Wildman–Crippen MR) is 108 cm³/mol. The van der Waals surface area contributed by atoms with Crippen molar-refractivity contribution in [1.29, 1.82) is 0 Å². The number of para-hydroxylation sites is 1. The van der Waals surface area contributed by atoms with E-state index in [1.807, 2.05) is 25.3 Å². The van der Waals surface area contributed by atoms with E-state index in [1.54, 1.807) is 24.3 Å². The highest BCUT2D eigenvalue weighted by Gasteiger charge is 2.29. The Hall–Kier alpha value is -3.16. The zero-order valence-electron chi connectivity index (χ0n) is 17.2. The lowest BCUT2D eigenvalue weighted by Crippen LogP contribution is -2.42. The lowest BCUT2D eigenvalue weighted by atomic mass is 10.1. The Morgan fingerprint density at radius 1 is 1.10 bits per heavy atom. The van der Waals surface area contributed by atoms with Gasteiger partial charge < -0.3 is 19.9 Å². The molecule has 2 aromatic rings. The Bertz CT molecular complexity index is 956. The third-order valence-corrected chi connectivity index (χ3v) is 4.61. The Labute approximate surface area is 169 Å². The second-order valence-corrected chi connectivity index (χ2v) is 8.03. The van der Waals surface area contributed by atoms with Gasteiger partial charge in [0.05, 0.1) is 24.1 Å². The average Bonchev–Trinajstić information content (AvgIpc) is 3.06. The van der Waals surface area contributed by atoms with E-state index in [9.17, 15) is 14.4 Å². The number of methoxy groups -OCH3 is 1. The van der Waals surface area contributed by atoms with E-state index in [2.05, 4.69) is 15.6 Å². The van der Waals surface area contributed by atoms with Crippen molar-refractivity contribution in [2.75, 3.05) is 12.4 Å². The van der Waals surface area contributed by atoms with Crippen molar-refractivity contribution >= 4 is 23.5 Å². The van der Waals surface area contributed by atoms with Crippen molar-refractivity contribution in [3.05, 3.63) is 47.0 Å². The highest BCUT2D eigenvalue weighted by Crippen LogP contribution is 2.23. The molecule has 154 valence electrons. The number of rotatable bonds is 4. The van der Waals surface area contributed by atoms with Crippen LogP contribution in [0, 0.1) is 0 Å². The molecule has 1 aliphatic heterocycles. The Balaban J connectivity index is 1.94. The van der Waals surface area contributed by atoms with Crippen LogP contribution in [-0.2, 0) is 17.7 Å². The number of ether oxygens (including phenoxy) is 1. The van der Waals surface area contributed by atoms with Crippen LogP contribution in [0.2, 0.25) is 0 Å². The summed E-state index contributed by atoms with van der Waals surface area (Å²) >= 11 is 0. The third kappa shape index (κ3) is 4.47. The van der Waals surface area contributed by atoms with E-state index in [4.69, 9.17) is 4.74 Å². The molecular formula is C21H26N4O4. The minimum absolute atomic E-state index is 0.212. The van der Waals surface area contributed by atoms with E-state index in [-0.39, 0.29) is 23.0 Å². The Kier molecular flexibility index (Phi) is 5.72. The number of amides is 2. The van der Waals surface area contributed by atoms with E-state index < -0.39 is 17.4 Å². The number of nitrogens with one attached hydrogen (secondary N) is 2. The van der Waals surface area contributed by atoms with Gasteiger partial charge in [0.2, 0.25) is 0 Å². The van der Waals surface area contributed by atoms with E-state index in [0.29, 0.717) is 18.7 Å². The van der Waals surface area contributed by atoms with Gasteiger partial charge in [-0.05, 0) is 52.2 Å². The lowest BCUT2D eigenvalue weighted by Gasteiger charge is -2.22. The topological polar surface area (TPSA) is 102 Å². The second kappa shape index (κ2) is 8.06. The highest BCUT2D eigenvalue weighted by atomic mass is 16.5. The number of carbonyl (C=O) groups excluding carboxylic acids is 3. The second-order valence-electron chi connectivity index (χ2n) is 8.03. The number of aromatic nitrogens is 2. The van der Waals surface area contributed by atoms with Crippen LogP contribution in [0.15, 0.2) is 24.3 Å². The molecule has 1 aliphatic rings. The first-order valence-corrected chi connectivity index (χ1v) is 9.62. The number of nitrogens with zero attached hydrogens (tertiary/aromatic N) is 2. The fourth-order valence-electron chi connectivity index (χ4n) is 3.36. The van der Waals surface area contributed by atoms with Gasteiger partial charge in [0.25, 0.3) is 11.8 Å². The fourth-order valence-corrected chi connectivity index (χ4v) is 3.36. The van der Waals surface area contributed by atoms with Crippen molar-refractivity contribution < 1.29 is 19.1 Å². The largest absolute Gasteiger partial charge is 0.465 e. The van der Waals surface area contributed by atoms with Crippen molar-refractivity contribution in [2.45, 2.75) is 52.1 Å². The van der Waals surface area contributed by atoms with Gasteiger partial charge in [-0.15, -0.1) is 0 Å². The summed E-state index contributed by atoms with van der Waals surface area (Å²) in [5.41, 5.74) is 1.12. The molecule has 0 saturated heterocycles. The molecule has 3 rings (SSSR count). The number of hydrogen-bond acceptors (Lipinski definition) is 5. The van der Waals surface area contributed by atoms with Gasteiger partial charge in [0.1, 0.15) is 0 Å². The van der Waals surface area contributed by atoms with Gasteiger partial charge in [-0.3, -0.25) is 9.59 Å². The van der Waals surface area contributed by atoms with Crippen LogP contribution < -0.4 is 10.6 Å². The van der Waals surface area contributed by atoms with Crippen LogP contribution in [0.5, 0.6) is 0 Å². The molecule has 1 aromatic heterocycles. The monoisotopic (exact) mass is 398 g/mol. The van der Waals surface area contributed by atoms with Crippen molar-refractivity contribution in [1.82, 2.24) is 14.9 Å². The molecule has 0 saturated carbocycles. The Morgan fingerprint density at radius 3 is 2.52 bits per heavy atom. The van der Waals surface area contributed by atoms with Gasteiger partial charge in [0.15, 0.2) is 11.5 Å². The molecular weight excluding hydrogens is 372 g/mol. The number of benzene rings is 1. The van der Waals surface area contributed by atoms with Crippen molar-refractivity contribution in [2.24, 2.45) is 0 Å². The van der Waals surface area contributed by atoms with E-state index in [1.165, 1.54) is 7.11 Å². The molecule has 29 heavy (non-hydrogen) atoms. The van der Waals surface area contributed by atoms with Crippen LogP contribution in [0.1, 0.15) is 70.8 Å². The summed E-state index contributed by atoms with van der Waals surface area (Å²) in [7, 11) is 1.28. The molecule has 2 heterocycles. The molecule has 2 amide bonds. The zero-order valence-corrected chi connectivity index (χ0v) is 17.2. The minimum atomic E-state index is -0.544. The van der Waals surface area contributed by atoms with E-state index in [0.717, 1.165) is 18.5 Å². The summed E-state index contributed by atoms with van der Waals surface area (Å²) in [5, 5.41) is 5.65. The number of carbonyl (C=O) groups is 3. The minimum Gasteiger partial charge on any atom is -0.465 e. The number of esters is 1. The molecule has 0 aliphatic carbocycles. The summed E-state index contributed by atoms with van der Waals surface area (Å²) in [4.78, 5) is 42.1. The number of hydrogen-bond donors (Lipinski definition) is 2. The summed E-state index contributed by atoms with van der Waals surface area (Å²) in [6.45, 7) is 6.31. The molecule has 1 aromatic carbocycles. The third-order valence-electron chi connectivity index (χ3n) is 4.61. The van der Waals surface area contributed by atoms with Gasteiger partial charge in [0, 0.05) is 12.1 Å². The van der Waals surface area contributed by atoms with Crippen LogP contribution in [0.25, 0.3) is 0 Å². The smallest absolute Gasteiger partial charge is 0.339 e. The zero-order chi connectivity index (χ0) is 21.2. The van der Waals surface area contributed by atoms with Crippen molar-refractivity contribution in [3.63, 3.8) is 0 Å². The Morgan fingerprint density at radius 2 is 1.83 bits per heavy atom. The standard InChI is InChI=1S/C21H26N4O4/c1-21(2,3)24-19(27)17-23-16(15-11-7-8-12-25(15)17)18(26)22-14-10-6-5-9-13(14)20(28)29-4/h5-6,9-10H,7-8,11-12H2,1-4H3,(H,22,26)(H,24,27). The van der Waals surface area contributed by atoms with Gasteiger partial charge in [-0.2, -0.15) is 0 Å². The van der Waals surface area contributed by atoms with Crippen LogP contribution in [-0.4, -0.2) is 40.0 Å². The molecule has 2 N–H and O–H groups in total. The maximum atomic E-state index is 13.0. The summed E-state index contributed by atoms with van der Waals surface area (Å²) in [5.74, 6) is -1.07. The van der Waals surface area contributed by atoms with Crippen LogP contribution >= 0.6 is 0 Å². The molecule has 0 spiro atoms. The van der Waals surface area contributed by atoms with Gasteiger partial charge in [-0.25, -0.2) is 9.78 Å². The number of fused-ring (bicyclic) bond motifs is 1. The molecule has 8 heteroatoms. The summed E-state index contributed by atoms with van der Waals surface area (Å²) in [6.07, 6.45) is 2.51. The number of anilines is 1. The molecule has 0 fully saturated rings. The highest BCUT2D eigenvalue weighted by molar-refractivity contribution is 6.08. The number of imidazole rings is 1. The molecule has 0 radical (unpaired) electrons. The molecule has 0 atom stereocenters. The fraction of sp³-hybridized carbons (Fsp3) is 0.429. The van der Waals surface area contributed by atoms with E-state index >= 15 is 0 Å². The first-order chi connectivity index (χ1) is 13.7. The SMILES string of the molecule is COC(=O)c1ccccc1NC(=O)c1nc(C(=O)NC(C)(C)C)n2c1CCCC2. The lowest BCUT2D eigenvalue weighted by molar-refractivity contribution is 0.0601. The molecule has 0 unspecified atom stereocenters. The molecule has 8 nitrogen and oxygen atoms in total. The van der Waals surface area contributed by atoms with Crippen molar-refractivity contribution in [3.8, 4) is 0 Å². The first-order valence-electron chi connectivity index (χ1n) is 9.62. The normalized spacial score (nSPS) is 13.4. The summed E-state index contributed by atoms with van der Waals surface area (Å²) in [6, 6.07) is 6.61. The van der Waals surface area contributed by atoms with Crippen LogP contribution in [0.3, 0.4) is 0 Å². The van der Waals surface area contributed by atoms with Gasteiger partial charge in [-0.1, -0.05) is 12.1 Å². The average molecular weight is 398 g/mol. The quantitative estimate of drug-likeness (QED) is 0.771. The predicted octanol–water partition coefficient (Wildman–Crippen LogP) is 2.79. The maximum absolute atomic E-state index is 13.0. The molecule has 0 bridgehead atoms. The van der Waals surface area contributed by atoms with Gasteiger partial charge >= 0.3 is 5.97 Å². The summed E-state index contributed by atoms with van der Waals surface area (Å²) < 4.78 is 6.60. The maximum Gasteiger partial charge on any atom is 0.339 e.